The first kappa shape index (κ1) is 16.3. The number of rotatable bonds is 5. The molecule has 0 aromatic heterocycles. The first-order valence-corrected chi connectivity index (χ1v) is 9.40. The van der Waals surface area contributed by atoms with Crippen LogP contribution in [0.5, 0.6) is 0 Å². The summed E-state index contributed by atoms with van der Waals surface area (Å²) in [4.78, 5) is 0.409. The van der Waals surface area contributed by atoms with Crippen molar-refractivity contribution >= 4 is 15.7 Å². The molecule has 1 aromatic carbocycles. The quantitative estimate of drug-likeness (QED) is 0.906. The van der Waals surface area contributed by atoms with Gasteiger partial charge in [-0.3, -0.25) is 0 Å². The van der Waals surface area contributed by atoms with Crippen molar-refractivity contribution in [3.63, 3.8) is 0 Å². The topological polar surface area (TPSA) is 49.4 Å². The summed E-state index contributed by atoms with van der Waals surface area (Å²) in [6.45, 7) is 5.41. The minimum Gasteiger partial charge on any atom is -0.384 e. The summed E-state index contributed by atoms with van der Waals surface area (Å²) >= 11 is 0. The van der Waals surface area contributed by atoms with Gasteiger partial charge in [0.2, 0.25) is 10.0 Å². The average molecular weight is 310 g/mol. The Kier molecular flexibility index (Phi) is 5.65. The van der Waals surface area contributed by atoms with Gasteiger partial charge in [-0.1, -0.05) is 31.9 Å². The van der Waals surface area contributed by atoms with Crippen LogP contribution >= 0.6 is 0 Å². The molecule has 1 aliphatic rings. The molecular weight excluding hydrogens is 284 g/mol. The van der Waals surface area contributed by atoms with Crippen molar-refractivity contribution in [2.24, 2.45) is 0 Å². The Labute approximate surface area is 128 Å². The molecule has 118 valence electrons. The Bertz CT molecular complexity index is 557. The maximum Gasteiger partial charge on any atom is 0.245 e. The van der Waals surface area contributed by atoms with Crippen molar-refractivity contribution in [2.75, 3.05) is 18.4 Å². The Hall–Kier alpha value is -1.07. The second-order valence-electron chi connectivity index (χ2n) is 5.55. The summed E-state index contributed by atoms with van der Waals surface area (Å²) in [6.07, 6.45) is 5.05. The van der Waals surface area contributed by atoms with Gasteiger partial charge in [-0.15, -0.1) is 0 Å². The van der Waals surface area contributed by atoms with Crippen molar-refractivity contribution < 1.29 is 8.42 Å². The molecule has 1 saturated heterocycles. The van der Waals surface area contributed by atoms with Gasteiger partial charge in [0.25, 0.3) is 0 Å². The zero-order chi connectivity index (χ0) is 15.3. The Morgan fingerprint density at radius 1 is 1.19 bits per heavy atom. The molecule has 21 heavy (non-hydrogen) atoms. The number of nitrogens with zero attached hydrogens (tertiary/aromatic N) is 1. The highest BCUT2D eigenvalue weighted by Gasteiger charge is 2.32. The number of hydrogen-bond donors (Lipinski definition) is 1. The molecule has 0 spiro atoms. The predicted molar refractivity (Wildman–Crippen MR) is 87.0 cm³/mol. The second-order valence-corrected chi connectivity index (χ2v) is 7.41. The fourth-order valence-corrected chi connectivity index (χ4v) is 4.97. The van der Waals surface area contributed by atoms with E-state index >= 15 is 0 Å². The minimum absolute atomic E-state index is 0.132. The Balaban J connectivity index is 2.40. The molecule has 0 bridgehead atoms. The number of hydrogen-bond acceptors (Lipinski definition) is 3. The second kappa shape index (κ2) is 7.27. The smallest absolute Gasteiger partial charge is 0.245 e. The highest BCUT2D eigenvalue weighted by molar-refractivity contribution is 7.89. The van der Waals surface area contributed by atoms with Crippen molar-refractivity contribution in [2.45, 2.75) is 56.9 Å². The van der Waals surface area contributed by atoms with Crippen LogP contribution in [0.1, 0.15) is 46.0 Å². The lowest BCUT2D eigenvalue weighted by molar-refractivity contribution is 0.315. The molecule has 5 heteroatoms. The van der Waals surface area contributed by atoms with Crippen molar-refractivity contribution in [3.05, 3.63) is 24.3 Å². The number of para-hydroxylation sites is 1. The lowest BCUT2D eigenvalue weighted by Crippen LogP contribution is -2.39. The fraction of sp³-hybridized carbons (Fsp3) is 0.625. The molecule has 0 amide bonds. The van der Waals surface area contributed by atoms with Crippen LogP contribution in [-0.4, -0.2) is 31.9 Å². The molecule has 0 radical (unpaired) electrons. The molecule has 4 nitrogen and oxygen atoms in total. The van der Waals surface area contributed by atoms with Gasteiger partial charge < -0.3 is 5.32 Å². The first-order chi connectivity index (χ1) is 10.1. The van der Waals surface area contributed by atoms with Crippen molar-refractivity contribution in [1.29, 1.82) is 0 Å². The third-order valence-corrected chi connectivity index (χ3v) is 6.15. The fourth-order valence-electron chi connectivity index (χ4n) is 3.03. The van der Waals surface area contributed by atoms with Gasteiger partial charge in [0.05, 0.1) is 5.69 Å². The van der Waals surface area contributed by atoms with E-state index in [9.17, 15) is 8.42 Å². The molecular formula is C16H26N2O2S. The average Bonchev–Trinajstić information content (AvgIpc) is 2.73. The maximum atomic E-state index is 13.1. The lowest BCUT2D eigenvalue weighted by Gasteiger charge is -2.29. The summed E-state index contributed by atoms with van der Waals surface area (Å²) in [5, 5.41) is 3.16. The zero-order valence-corrected chi connectivity index (χ0v) is 13.8. The summed E-state index contributed by atoms with van der Waals surface area (Å²) in [6, 6.07) is 7.36. The van der Waals surface area contributed by atoms with E-state index in [-0.39, 0.29) is 6.04 Å². The van der Waals surface area contributed by atoms with Crippen LogP contribution in [-0.2, 0) is 10.0 Å². The van der Waals surface area contributed by atoms with E-state index < -0.39 is 10.0 Å². The molecule has 1 unspecified atom stereocenters. The largest absolute Gasteiger partial charge is 0.384 e. The van der Waals surface area contributed by atoms with E-state index in [1.807, 2.05) is 19.1 Å². The van der Waals surface area contributed by atoms with Crippen LogP contribution in [0.4, 0.5) is 5.69 Å². The monoisotopic (exact) mass is 310 g/mol. The highest BCUT2D eigenvalue weighted by Crippen LogP contribution is 2.30. The Morgan fingerprint density at radius 2 is 1.95 bits per heavy atom. The molecule has 1 aliphatic heterocycles. The highest BCUT2D eigenvalue weighted by atomic mass is 32.2. The normalized spacial score (nSPS) is 21.0. The van der Waals surface area contributed by atoms with Crippen molar-refractivity contribution in [3.8, 4) is 0 Å². The molecule has 1 aromatic rings. The van der Waals surface area contributed by atoms with Crippen LogP contribution in [0, 0.1) is 0 Å². The summed E-state index contributed by atoms with van der Waals surface area (Å²) in [7, 11) is -3.43. The van der Waals surface area contributed by atoms with Gasteiger partial charge in [0, 0.05) is 19.1 Å². The van der Waals surface area contributed by atoms with E-state index in [1.165, 1.54) is 0 Å². The van der Waals surface area contributed by atoms with E-state index in [0.29, 0.717) is 23.7 Å². The summed E-state index contributed by atoms with van der Waals surface area (Å²) in [5.74, 6) is 0. The number of benzene rings is 1. The molecule has 0 saturated carbocycles. The number of sulfonamides is 1. The van der Waals surface area contributed by atoms with E-state index in [4.69, 9.17) is 0 Å². The standard InChI is InChI=1S/C16H26N2O2S/c1-3-14-10-6-5-9-13-18(14)21(19,20)16-12-8-7-11-15(16)17-4-2/h7-8,11-12,14,17H,3-6,9-10,13H2,1-2H3. The maximum absolute atomic E-state index is 13.1. The van der Waals surface area contributed by atoms with E-state index in [1.54, 1.807) is 16.4 Å². The van der Waals surface area contributed by atoms with Crippen molar-refractivity contribution in [1.82, 2.24) is 4.31 Å². The Morgan fingerprint density at radius 3 is 2.67 bits per heavy atom. The molecule has 1 atom stereocenters. The predicted octanol–water partition coefficient (Wildman–Crippen LogP) is 3.46. The molecule has 1 fully saturated rings. The van der Waals surface area contributed by atoms with Crippen LogP contribution in [0.15, 0.2) is 29.2 Å². The molecule has 1 N–H and O–H groups in total. The van der Waals surface area contributed by atoms with Crippen LogP contribution < -0.4 is 5.32 Å². The van der Waals surface area contributed by atoms with Gasteiger partial charge in [-0.2, -0.15) is 4.31 Å². The van der Waals surface area contributed by atoms with Gasteiger partial charge in [0.1, 0.15) is 4.90 Å². The van der Waals surface area contributed by atoms with Gasteiger partial charge in [-0.05, 0) is 38.3 Å². The number of nitrogens with one attached hydrogen (secondary N) is 1. The number of anilines is 1. The van der Waals surface area contributed by atoms with Crippen LogP contribution in [0.3, 0.4) is 0 Å². The van der Waals surface area contributed by atoms with E-state index in [0.717, 1.165) is 32.1 Å². The first-order valence-electron chi connectivity index (χ1n) is 7.96. The van der Waals surface area contributed by atoms with Crippen LogP contribution in [0.2, 0.25) is 0 Å². The third-order valence-electron chi connectivity index (χ3n) is 4.14. The zero-order valence-electron chi connectivity index (χ0n) is 13.0. The molecule has 0 aliphatic carbocycles. The van der Waals surface area contributed by atoms with Gasteiger partial charge >= 0.3 is 0 Å². The van der Waals surface area contributed by atoms with E-state index in [2.05, 4.69) is 12.2 Å². The molecule has 2 rings (SSSR count). The summed E-state index contributed by atoms with van der Waals surface area (Å²) in [5.41, 5.74) is 0.708. The summed E-state index contributed by atoms with van der Waals surface area (Å²) < 4.78 is 27.9. The van der Waals surface area contributed by atoms with Crippen LogP contribution in [0.25, 0.3) is 0 Å². The van der Waals surface area contributed by atoms with Gasteiger partial charge in [0.15, 0.2) is 0 Å². The lowest BCUT2D eigenvalue weighted by atomic mass is 10.1. The van der Waals surface area contributed by atoms with Gasteiger partial charge in [-0.25, -0.2) is 8.42 Å². The molecule has 1 heterocycles. The SMILES string of the molecule is CCNc1ccccc1S(=O)(=O)N1CCCCCC1CC. The third kappa shape index (κ3) is 3.58. The minimum atomic E-state index is -3.43.